The molecule has 9 heteroatoms. The van der Waals surface area contributed by atoms with Crippen LogP contribution in [-0.4, -0.2) is 29.9 Å². The molecular weight excluding hydrogens is 516 g/mol. The van der Waals surface area contributed by atoms with Crippen molar-refractivity contribution in [1.29, 1.82) is 0 Å². The molecule has 3 aromatic rings. The Hall–Kier alpha value is -3.33. The van der Waals surface area contributed by atoms with Crippen LogP contribution in [0.5, 0.6) is 11.5 Å². The van der Waals surface area contributed by atoms with E-state index in [0.717, 1.165) is 22.4 Å². The van der Waals surface area contributed by atoms with E-state index in [4.69, 9.17) is 33.3 Å². The van der Waals surface area contributed by atoms with Crippen LogP contribution >= 0.6 is 35.6 Å². The van der Waals surface area contributed by atoms with Gasteiger partial charge in [-0.25, -0.2) is 0 Å². The van der Waals surface area contributed by atoms with Crippen LogP contribution in [0, 0.1) is 13.8 Å². The van der Waals surface area contributed by atoms with E-state index in [0.29, 0.717) is 31.4 Å². The van der Waals surface area contributed by atoms with E-state index < -0.39 is 0 Å². The number of carbonyl (C=O) groups is 2. The molecule has 0 bridgehead atoms. The summed E-state index contributed by atoms with van der Waals surface area (Å²) in [4.78, 5) is 27.4. The quantitative estimate of drug-likeness (QED) is 0.278. The van der Waals surface area contributed by atoms with Gasteiger partial charge < -0.3 is 14.8 Å². The van der Waals surface area contributed by atoms with E-state index >= 15 is 0 Å². The van der Waals surface area contributed by atoms with Gasteiger partial charge >= 0.3 is 0 Å². The van der Waals surface area contributed by atoms with Crippen molar-refractivity contribution in [2.24, 2.45) is 0 Å². The molecule has 1 fully saturated rings. The Labute approximate surface area is 224 Å². The molecule has 0 spiro atoms. The van der Waals surface area contributed by atoms with Gasteiger partial charge in [0.25, 0.3) is 11.8 Å². The zero-order valence-corrected chi connectivity index (χ0v) is 22.2. The summed E-state index contributed by atoms with van der Waals surface area (Å²) < 4.78 is 11.6. The van der Waals surface area contributed by atoms with Gasteiger partial charge in [0.2, 0.25) is 0 Å². The molecule has 0 saturated carbocycles. The lowest BCUT2D eigenvalue weighted by Gasteiger charge is -2.14. The highest BCUT2D eigenvalue weighted by Crippen LogP contribution is 2.37. The van der Waals surface area contributed by atoms with Crippen molar-refractivity contribution in [2.45, 2.75) is 13.8 Å². The summed E-state index contributed by atoms with van der Waals surface area (Å²) in [5, 5.41) is 3.45. The minimum atomic E-state index is -0.277. The van der Waals surface area contributed by atoms with E-state index in [1.807, 2.05) is 32.0 Å². The normalized spacial score (nSPS) is 14.3. The fourth-order valence-corrected chi connectivity index (χ4v) is 4.97. The SMILES string of the molecule is COc1cc(/C=C2\SC(=S)N(c3ccc(Cl)cc3)C2=O)ccc1OCC(=O)Nc1cccc(C)c1C. The maximum atomic E-state index is 13.0. The lowest BCUT2D eigenvalue weighted by Crippen LogP contribution is -2.27. The van der Waals surface area contributed by atoms with Crippen molar-refractivity contribution in [3.63, 3.8) is 0 Å². The first-order valence-electron chi connectivity index (χ1n) is 11.0. The van der Waals surface area contributed by atoms with E-state index in [1.165, 1.54) is 23.8 Å². The Kier molecular flexibility index (Phi) is 7.98. The van der Waals surface area contributed by atoms with Crippen molar-refractivity contribution in [3.05, 3.63) is 87.3 Å². The fourth-order valence-electron chi connectivity index (χ4n) is 3.54. The molecule has 36 heavy (non-hydrogen) atoms. The summed E-state index contributed by atoms with van der Waals surface area (Å²) in [5.74, 6) is 0.367. The summed E-state index contributed by atoms with van der Waals surface area (Å²) in [6.45, 7) is 3.77. The van der Waals surface area contributed by atoms with Gasteiger partial charge in [0.1, 0.15) is 0 Å². The molecule has 4 rings (SSSR count). The third kappa shape index (κ3) is 5.73. The number of rotatable bonds is 7. The summed E-state index contributed by atoms with van der Waals surface area (Å²) in [5.41, 5.74) is 4.24. The molecule has 1 N–H and O–H groups in total. The molecule has 0 aromatic heterocycles. The first-order chi connectivity index (χ1) is 17.3. The predicted octanol–water partition coefficient (Wildman–Crippen LogP) is 6.39. The van der Waals surface area contributed by atoms with Crippen LogP contribution < -0.4 is 19.7 Å². The largest absolute Gasteiger partial charge is 0.493 e. The van der Waals surface area contributed by atoms with Gasteiger partial charge in [0.15, 0.2) is 22.4 Å². The molecule has 184 valence electrons. The Morgan fingerprint density at radius 2 is 1.86 bits per heavy atom. The number of nitrogens with one attached hydrogen (secondary N) is 1. The maximum absolute atomic E-state index is 13.0. The number of benzene rings is 3. The molecule has 1 heterocycles. The first kappa shape index (κ1) is 25.8. The number of nitrogens with zero attached hydrogens (tertiary/aromatic N) is 1. The van der Waals surface area contributed by atoms with Gasteiger partial charge in [0.05, 0.1) is 17.7 Å². The number of hydrogen-bond acceptors (Lipinski definition) is 6. The predicted molar refractivity (Wildman–Crippen MR) is 150 cm³/mol. The van der Waals surface area contributed by atoms with Crippen LogP contribution in [0.2, 0.25) is 5.02 Å². The van der Waals surface area contributed by atoms with E-state index in [9.17, 15) is 9.59 Å². The van der Waals surface area contributed by atoms with Crippen LogP contribution in [-0.2, 0) is 9.59 Å². The van der Waals surface area contributed by atoms with Crippen molar-refractivity contribution >= 4 is 69.2 Å². The molecule has 1 aliphatic heterocycles. The van der Waals surface area contributed by atoms with Gasteiger partial charge in [0, 0.05) is 10.7 Å². The van der Waals surface area contributed by atoms with Gasteiger partial charge in [-0.05, 0) is 79.1 Å². The van der Waals surface area contributed by atoms with Crippen LogP contribution in [0.15, 0.2) is 65.6 Å². The number of methoxy groups -OCH3 is 1. The molecule has 1 aliphatic rings. The highest BCUT2D eigenvalue weighted by Gasteiger charge is 2.33. The summed E-state index contributed by atoms with van der Waals surface area (Å²) in [7, 11) is 1.52. The number of thiocarbonyl (C=S) groups is 1. The third-order valence-corrected chi connectivity index (χ3v) is 7.16. The summed E-state index contributed by atoms with van der Waals surface area (Å²) >= 11 is 12.6. The van der Waals surface area contributed by atoms with Gasteiger partial charge in [-0.1, -0.05) is 53.8 Å². The van der Waals surface area contributed by atoms with E-state index in [-0.39, 0.29) is 18.4 Å². The minimum absolute atomic E-state index is 0.178. The second kappa shape index (κ2) is 11.2. The number of amides is 2. The van der Waals surface area contributed by atoms with Gasteiger partial charge in [-0.3, -0.25) is 14.5 Å². The number of hydrogen-bond donors (Lipinski definition) is 1. The standard InChI is InChI=1S/C27H23ClN2O4S2/c1-16-5-4-6-21(17(16)2)29-25(31)15-34-22-12-7-18(13-23(22)33-3)14-24-26(32)30(27(35)36-24)20-10-8-19(28)9-11-20/h4-14H,15H2,1-3H3,(H,29,31)/b24-14-. The average Bonchev–Trinajstić information content (AvgIpc) is 3.14. The molecule has 2 amide bonds. The second-order valence-corrected chi connectivity index (χ2v) is 10.1. The monoisotopic (exact) mass is 538 g/mol. The number of ether oxygens (including phenoxy) is 2. The highest BCUT2D eigenvalue weighted by atomic mass is 35.5. The van der Waals surface area contributed by atoms with E-state index in [2.05, 4.69) is 5.32 Å². The average molecular weight is 539 g/mol. The Morgan fingerprint density at radius 3 is 2.58 bits per heavy atom. The molecule has 0 unspecified atom stereocenters. The van der Waals surface area contributed by atoms with Crippen LogP contribution in [0.25, 0.3) is 6.08 Å². The lowest BCUT2D eigenvalue weighted by molar-refractivity contribution is -0.118. The second-order valence-electron chi connectivity index (χ2n) is 7.99. The smallest absolute Gasteiger partial charge is 0.270 e. The Morgan fingerprint density at radius 1 is 1.11 bits per heavy atom. The van der Waals surface area contributed by atoms with Gasteiger partial charge in [-0.15, -0.1) is 0 Å². The van der Waals surface area contributed by atoms with Crippen molar-refractivity contribution in [3.8, 4) is 11.5 Å². The number of anilines is 2. The van der Waals surface area contributed by atoms with Crippen LogP contribution in [0.3, 0.4) is 0 Å². The Bertz CT molecular complexity index is 1370. The zero-order valence-electron chi connectivity index (χ0n) is 19.8. The number of carbonyl (C=O) groups excluding carboxylic acids is 2. The van der Waals surface area contributed by atoms with Crippen molar-refractivity contribution in [1.82, 2.24) is 0 Å². The molecule has 0 atom stereocenters. The van der Waals surface area contributed by atoms with Gasteiger partial charge in [-0.2, -0.15) is 0 Å². The maximum Gasteiger partial charge on any atom is 0.270 e. The van der Waals surface area contributed by atoms with Crippen molar-refractivity contribution < 1.29 is 19.1 Å². The molecular formula is C27H23ClN2O4S2. The third-order valence-electron chi connectivity index (χ3n) is 5.60. The number of thioether (sulfide) groups is 1. The lowest BCUT2D eigenvalue weighted by atomic mass is 10.1. The van der Waals surface area contributed by atoms with Crippen LogP contribution in [0.4, 0.5) is 11.4 Å². The zero-order chi connectivity index (χ0) is 25.8. The minimum Gasteiger partial charge on any atom is -0.493 e. The first-order valence-corrected chi connectivity index (χ1v) is 12.6. The number of aryl methyl sites for hydroxylation is 1. The van der Waals surface area contributed by atoms with E-state index in [1.54, 1.807) is 48.5 Å². The number of halogens is 1. The van der Waals surface area contributed by atoms with Crippen molar-refractivity contribution in [2.75, 3.05) is 23.9 Å². The Balaban J connectivity index is 1.45. The molecule has 0 aliphatic carbocycles. The highest BCUT2D eigenvalue weighted by molar-refractivity contribution is 8.27. The fraction of sp³-hybridized carbons (Fsp3) is 0.148. The molecule has 1 saturated heterocycles. The van der Waals surface area contributed by atoms with Crippen LogP contribution in [0.1, 0.15) is 16.7 Å². The summed E-state index contributed by atoms with van der Waals surface area (Å²) in [6, 6.07) is 17.9. The molecule has 6 nitrogen and oxygen atoms in total. The summed E-state index contributed by atoms with van der Waals surface area (Å²) in [6.07, 6.45) is 1.74. The topological polar surface area (TPSA) is 67.9 Å². The molecule has 3 aromatic carbocycles. The molecule has 0 radical (unpaired) electrons.